The average Bonchev–Trinajstić information content (AvgIpc) is 3.34. The van der Waals surface area contributed by atoms with Crippen molar-refractivity contribution in [3.8, 4) is 0 Å². The van der Waals surface area contributed by atoms with Gasteiger partial charge in [0, 0.05) is 17.0 Å². The number of rotatable bonds is 7. The Hall–Kier alpha value is -2.15. The van der Waals surface area contributed by atoms with Gasteiger partial charge in [0.15, 0.2) is 0 Å². The van der Waals surface area contributed by atoms with Gasteiger partial charge in [-0.3, -0.25) is 0 Å². The lowest BCUT2D eigenvalue weighted by molar-refractivity contribution is 0.0864. The summed E-state index contributed by atoms with van der Waals surface area (Å²) in [6.07, 6.45) is 0.772. The Bertz CT molecular complexity index is 737. The molecule has 3 aromatic rings. The second kappa shape index (κ2) is 8.29. The van der Waals surface area contributed by atoms with Crippen LogP contribution in [0.2, 0.25) is 0 Å². The molecule has 4 nitrogen and oxygen atoms in total. The molecule has 3 rings (SSSR count). The number of benzene rings is 1. The number of thiophene rings is 2. The lowest BCUT2D eigenvalue weighted by atomic mass is 9.94. The second-order valence-corrected chi connectivity index (χ2v) is 7.42. The Balaban J connectivity index is 1.55. The second-order valence-electron chi connectivity index (χ2n) is 5.69. The molecule has 0 spiro atoms. The van der Waals surface area contributed by atoms with Crippen LogP contribution in [-0.4, -0.2) is 24.2 Å². The van der Waals surface area contributed by atoms with Crippen LogP contribution in [-0.2, 0) is 12.0 Å². The fourth-order valence-corrected chi connectivity index (χ4v) is 4.15. The molecule has 0 aliphatic carbocycles. The molecule has 1 atom stereocenters. The minimum absolute atomic E-state index is 0.126. The summed E-state index contributed by atoms with van der Waals surface area (Å²) in [6, 6.07) is 15.4. The smallest absolute Gasteiger partial charge is 0.314 e. The average molecular weight is 373 g/mol. The predicted molar refractivity (Wildman–Crippen MR) is 103 cm³/mol. The fourth-order valence-electron chi connectivity index (χ4n) is 2.58. The fraction of sp³-hybridized carbons (Fsp3) is 0.211. The van der Waals surface area contributed by atoms with E-state index in [1.807, 2.05) is 64.7 Å². The van der Waals surface area contributed by atoms with E-state index in [1.54, 1.807) is 0 Å². The molecular weight excluding hydrogens is 352 g/mol. The van der Waals surface area contributed by atoms with E-state index in [-0.39, 0.29) is 12.6 Å². The van der Waals surface area contributed by atoms with Crippen LogP contribution in [0.15, 0.2) is 64.7 Å². The number of hydrogen-bond acceptors (Lipinski definition) is 4. The van der Waals surface area contributed by atoms with Crippen LogP contribution in [0.5, 0.6) is 0 Å². The number of aliphatic hydroxyl groups is 1. The highest BCUT2D eigenvalue weighted by atomic mass is 32.1. The number of carbonyl (C=O) groups is 1. The molecule has 1 aromatic carbocycles. The van der Waals surface area contributed by atoms with Gasteiger partial charge in [-0.05, 0) is 40.3 Å². The molecule has 2 amide bonds. The van der Waals surface area contributed by atoms with E-state index in [2.05, 4.69) is 10.6 Å². The van der Waals surface area contributed by atoms with Crippen molar-refractivity contribution in [1.82, 2.24) is 10.6 Å². The van der Waals surface area contributed by atoms with Crippen molar-refractivity contribution < 1.29 is 9.90 Å². The van der Waals surface area contributed by atoms with Gasteiger partial charge < -0.3 is 15.7 Å². The largest absolute Gasteiger partial charge is 0.378 e. The maximum atomic E-state index is 12.1. The molecule has 130 valence electrons. The third-order valence-corrected chi connectivity index (χ3v) is 5.68. The maximum Gasteiger partial charge on any atom is 0.314 e. The molecule has 0 aliphatic heterocycles. The van der Waals surface area contributed by atoms with Crippen LogP contribution in [0.4, 0.5) is 4.79 Å². The van der Waals surface area contributed by atoms with Gasteiger partial charge in [0.05, 0.1) is 6.54 Å². The summed E-state index contributed by atoms with van der Waals surface area (Å²) in [6.45, 7) is 0.674. The lowest BCUT2D eigenvalue weighted by Gasteiger charge is -2.27. The lowest BCUT2D eigenvalue weighted by Crippen LogP contribution is -2.45. The molecule has 0 saturated heterocycles. The highest BCUT2D eigenvalue weighted by Gasteiger charge is 2.33. The number of nitrogens with one attached hydrogen (secondary N) is 2. The summed E-state index contributed by atoms with van der Waals surface area (Å²) >= 11 is 3.00. The van der Waals surface area contributed by atoms with Crippen molar-refractivity contribution >= 4 is 28.7 Å². The Labute approximate surface area is 155 Å². The summed E-state index contributed by atoms with van der Waals surface area (Å²) in [5.41, 5.74) is 0.769. The van der Waals surface area contributed by atoms with Crippen molar-refractivity contribution in [3.05, 3.63) is 80.7 Å². The first-order valence-corrected chi connectivity index (χ1v) is 9.85. The molecule has 2 heterocycles. The molecule has 0 aliphatic rings. The van der Waals surface area contributed by atoms with Crippen LogP contribution in [0.25, 0.3) is 0 Å². The zero-order valence-corrected chi connectivity index (χ0v) is 15.3. The summed E-state index contributed by atoms with van der Waals surface area (Å²) in [4.78, 5) is 12.9. The van der Waals surface area contributed by atoms with Crippen molar-refractivity contribution in [1.29, 1.82) is 0 Å². The maximum absolute atomic E-state index is 12.1. The number of amides is 2. The third kappa shape index (κ3) is 4.48. The van der Waals surface area contributed by atoms with Crippen LogP contribution in [0.1, 0.15) is 16.0 Å². The molecule has 3 N–H and O–H groups in total. The first-order chi connectivity index (χ1) is 12.2. The van der Waals surface area contributed by atoms with E-state index in [0.717, 1.165) is 16.9 Å². The Morgan fingerprint density at radius 2 is 1.88 bits per heavy atom. The van der Waals surface area contributed by atoms with E-state index in [0.29, 0.717) is 6.54 Å². The third-order valence-electron chi connectivity index (χ3n) is 3.97. The van der Waals surface area contributed by atoms with Gasteiger partial charge in [0.1, 0.15) is 5.60 Å². The summed E-state index contributed by atoms with van der Waals surface area (Å²) in [5, 5.41) is 22.6. The number of hydrogen-bond donors (Lipinski definition) is 3. The summed E-state index contributed by atoms with van der Waals surface area (Å²) in [7, 11) is 0. The zero-order chi connectivity index (χ0) is 17.5. The molecule has 25 heavy (non-hydrogen) atoms. The van der Waals surface area contributed by atoms with E-state index in [1.165, 1.54) is 28.2 Å². The minimum atomic E-state index is -1.20. The highest BCUT2D eigenvalue weighted by molar-refractivity contribution is 7.10. The Morgan fingerprint density at radius 3 is 2.56 bits per heavy atom. The molecule has 0 saturated carbocycles. The van der Waals surface area contributed by atoms with Gasteiger partial charge >= 0.3 is 6.03 Å². The standard InChI is InChI=1S/C19H20N2O2S2/c22-18(20-10-8-15-5-2-1-3-6-15)21-14-19(23,16-9-12-24-13-16)17-7-4-11-25-17/h1-7,9,11-13,23H,8,10,14H2,(H2,20,21,22). The van der Waals surface area contributed by atoms with Gasteiger partial charge in [-0.1, -0.05) is 36.4 Å². The molecule has 0 fully saturated rings. The van der Waals surface area contributed by atoms with Crippen molar-refractivity contribution in [2.75, 3.05) is 13.1 Å². The van der Waals surface area contributed by atoms with Gasteiger partial charge in [-0.25, -0.2) is 4.79 Å². The Morgan fingerprint density at radius 1 is 1.04 bits per heavy atom. The Kier molecular flexibility index (Phi) is 5.86. The summed E-state index contributed by atoms with van der Waals surface area (Å²) < 4.78 is 0. The number of carbonyl (C=O) groups excluding carboxylic acids is 1. The van der Waals surface area contributed by atoms with Gasteiger partial charge in [0.2, 0.25) is 0 Å². The predicted octanol–water partition coefficient (Wildman–Crippen LogP) is 3.59. The molecule has 2 aromatic heterocycles. The zero-order valence-electron chi connectivity index (χ0n) is 13.6. The molecular formula is C19H20N2O2S2. The van der Waals surface area contributed by atoms with Crippen LogP contribution >= 0.6 is 22.7 Å². The quantitative estimate of drug-likeness (QED) is 0.594. The molecule has 6 heteroatoms. The van der Waals surface area contributed by atoms with Crippen molar-refractivity contribution in [3.63, 3.8) is 0 Å². The van der Waals surface area contributed by atoms with Crippen molar-refractivity contribution in [2.45, 2.75) is 12.0 Å². The van der Waals surface area contributed by atoms with Gasteiger partial charge in [-0.15, -0.1) is 11.3 Å². The monoisotopic (exact) mass is 372 g/mol. The van der Waals surface area contributed by atoms with E-state index >= 15 is 0 Å². The molecule has 1 unspecified atom stereocenters. The van der Waals surface area contributed by atoms with Crippen molar-refractivity contribution in [2.24, 2.45) is 0 Å². The van der Waals surface area contributed by atoms with Crippen LogP contribution in [0.3, 0.4) is 0 Å². The first-order valence-electron chi connectivity index (χ1n) is 8.03. The SMILES string of the molecule is O=C(NCCc1ccccc1)NCC(O)(c1ccsc1)c1cccs1. The van der Waals surface area contributed by atoms with E-state index < -0.39 is 5.60 Å². The topological polar surface area (TPSA) is 61.4 Å². The number of urea groups is 1. The van der Waals surface area contributed by atoms with Gasteiger partial charge in [-0.2, -0.15) is 11.3 Å². The molecule has 0 radical (unpaired) electrons. The van der Waals surface area contributed by atoms with Crippen LogP contribution in [0, 0.1) is 0 Å². The normalized spacial score (nSPS) is 13.2. The highest BCUT2D eigenvalue weighted by Crippen LogP contribution is 2.33. The molecule has 0 bridgehead atoms. The van der Waals surface area contributed by atoms with Crippen LogP contribution < -0.4 is 10.6 Å². The summed E-state index contributed by atoms with van der Waals surface area (Å²) in [5.74, 6) is 0. The van der Waals surface area contributed by atoms with E-state index in [4.69, 9.17) is 0 Å². The minimum Gasteiger partial charge on any atom is -0.378 e. The van der Waals surface area contributed by atoms with Gasteiger partial charge in [0.25, 0.3) is 0 Å². The first kappa shape index (κ1) is 17.7. The van der Waals surface area contributed by atoms with E-state index in [9.17, 15) is 9.90 Å².